The number of ether oxygens (including phenoxy) is 4. The fraction of sp³-hybridized carbons (Fsp3) is 0.897. The molecule has 2 N–H and O–H groups in total. The molecular weight excluding hydrogens is 628 g/mol. The van der Waals surface area contributed by atoms with E-state index in [2.05, 4.69) is 27.7 Å². The molecule has 0 spiro atoms. The Bertz CT molecular complexity index is 778. The summed E-state index contributed by atoms with van der Waals surface area (Å²) >= 11 is 0. The first-order chi connectivity index (χ1) is 23.7. The number of rotatable bonds is 34. The van der Waals surface area contributed by atoms with E-state index in [1.54, 1.807) is 0 Å². The van der Waals surface area contributed by atoms with Gasteiger partial charge in [-0.1, -0.05) is 105 Å². The fourth-order valence-corrected chi connectivity index (χ4v) is 5.51. The van der Waals surface area contributed by atoms with E-state index in [4.69, 9.17) is 18.9 Å². The number of carbonyl (C=O) groups is 4. The summed E-state index contributed by atoms with van der Waals surface area (Å²) < 4.78 is 21.6. The monoisotopic (exact) mass is 701 g/mol. The molecule has 288 valence electrons. The van der Waals surface area contributed by atoms with Gasteiger partial charge in [0.25, 0.3) is 0 Å². The van der Waals surface area contributed by atoms with E-state index >= 15 is 0 Å². The first-order valence-corrected chi connectivity index (χ1v) is 19.6. The van der Waals surface area contributed by atoms with Crippen molar-refractivity contribution >= 4 is 23.9 Å². The van der Waals surface area contributed by atoms with E-state index in [9.17, 15) is 29.4 Å². The number of unbranched alkanes of at least 4 members (excludes halogenated alkanes) is 10. The molecule has 49 heavy (non-hydrogen) atoms. The van der Waals surface area contributed by atoms with Gasteiger partial charge in [-0.15, -0.1) is 0 Å². The second kappa shape index (κ2) is 31.8. The smallest absolute Gasteiger partial charge is 0.308 e. The summed E-state index contributed by atoms with van der Waals surface area (Å²) in [6.45, 7) is 7.38. The van der Waals surface area contributed by atoms with Gasteiger partial charge < -0.3 is 29.2 Å². The van der Waals surface area contributed by atoms with Gasteiger partial charge in [0.1, 0.15) is 13.2 Å². The van der Waals surface area contributed by atoms with Crippen LogP contribution in [0.15, 0.2) is 0 Å². The maximum atomic E-state index is 12.6. The van der Waals surface area contributed by atoms with E-state index in [-0.39, 0.29) is 63.0 Å². The third-order valence-electron chi connectivity index (χ3n) is 9.08. The lowest BCUT2D eigenvalue weighted by Gasteiger charge is -2.28. The Morgan fingerprint density at radius 1 is 0.469 bits per heavy atom. The zero-order valence-corrected chi connectivity index (χ0v) is 31.6. The van der Waals surface area contributed by atoms with Crippen molar-refractivity contribution in [3.05, 3.63) is 0 Å². The maximum Gasteiger partial charge on any atom is 0.308 e. The Balaban J connectivity index is 4.38. The van der Waals surface area contributed by atoms with E-state index < -0.39 is 30.6 Å². The number of aliphatic hydroxyl groups excluding tert-OH is 2. The minimum Gasteiger partial charge on any atom is -0.465 e. The van der Waals surface area contributed by atoms with Crippen LogP contribution in [0.3, 0.4) is 0 Å². The van der Waals surface area contributed by atoms with E-state index in [0.29, 0.717) is 25.7 Å². The highest BCUT2D eigenvalue weighted by Crippen LogP contribution is 2.22. The topological polar surface area (TPSA) is 146 Å². The molecule has 0 amide bonds. The van der Waals surface area contributed by atoms with Gasteiger partial charge in [-0.25, -0.2) is 0 Å². The van der Waals surface area contributed by atoms with Crippen molar-refractivity contribution in [2.75, 3.05) is 39.6 Å². The molecule has 2 atom stereocenters. The van der Waals surface area contributed by atoms with Crippen LogP contribution >= 0.6 is 0 Å². The first-order valence-electron chi connectivity index (χ1n) is 19.6. The number of carbonyl (C=O) groups excluding carboxylic acids is 4. The van der Waals surface area contributed by atoms with Gasteiger partial charge in [-0.3, -0.25) is 19.2 Å². The number of hydrogen-bond acceptors (Lipinski definition) is 10. The predicted molar refractivity (Wildman–Crippen MR) is 192 cm³/mol. The highest BCUT2D eigenvalue weighted by Gasteiger charge is 2.33. The summed E-state index contributed by atoms with van der Waals surface area (Å²) in [5.74, 6) is -1.45. The Morgan fingerprint density at radius 2 is 0.837 bits per heavy atom. The molecule has 0 aromatic rings. The van der Waals surface area contributed by atoms with Crippen molar-refractivity contribution in [2.45, 2.75) is 169 Å². The summed E-state index contributed by atoms with van der Waals surface area (Å²) in [6.07, 6.45) is 18.6. The molecule has 0 bridgehead atoms. The van der Waals surface area contributed by atoms with Crippen molar-refractivity contribution in [2.24, 2.45) is 17.3 Å². The van der Waals surface area contributed by atoms with Crippen molar-refractivity contribution in [3.8, 4) is 0 Å². The fourth-order valence-electron chi connectivity index (χ4n) is 5.51. The van der Waals surface area contributed by atoms with Gasteiger partial charge in [0, 0.05) is 12.8 Å². The molecule has 0 aliphatic rings. The molecule has 0 saturated carbocycles. The Kier molecular flexibility index (Phi) is 30.3. The molecule has 0 fully saturated rings. The molecule has 0 aliphatic heterocycles. The van der Waals surface area contributed by atoms with Crippen LogP contribution in [0, 0.1) is 17.3 Å². The second-order valence-corrected chi connectivity index (χ2v) is 13.8. The summed E-state index contributed by atoms with van der Waals surface area (Å²) in [7, 11) is 0. The second-order valence-electron chi connectivity index (χ2n) is 13.8. The minimum absolute atomic E-state index is 0.0661. The number of aliphatic hydroxyl groups is 2. The lowest BCUT2D eigenvalue weighted by Crippen LogP contribution is -2.41. The molecule has 0 aliphatic carbocycles. The third kappa shape index (κ3) is 24.6. The van der Waals surface area contributed by atoms with Gasteiger partial charge in [-0.2, -0.15) is 0 Å². The highest BCUT2D eigenvalue weighted by molar-refractivity contribution is 5.73. The van der Waals surface area contributed by atoms with Gasteiger partial charge in [0.2, 0.25) is 0 Å². The van der Waals surface area contributed by atoms with Gasteiger partial charge >= 0.3 is 23.9 Å². The van der Waals surface area contributed by atoms with E-state index in [1.807, 2.05) is 0 Å². The predicted octanol–water partition coefficient (Wildman–Crippen LogP) is 8.02. The molecule has 2 unspecified atom stereocenters. The molecule has 0 heterocycles. The maximum absolute atomic E-state index is 12.6. The normalized spacial score (nSPS) is 12.7. The average Bonchev–Trinajstić information content (AvgIpc) is 3.10. The third-order valence-corrected chi connectivity index (χ3v) is 9.08. The Morgan fingerprint density at radius 3 is 1.18 bits per heavy atom. The summed E-state index contributed by atoms with van der Waals surface area (Å²) in [4.78, 5) is 49.9. The lowest BCUT2D eigenvalue weighted by atomic mass is 9.92. The number of esters is 4. The van der Waals surface area contributed by atoms with Crippen LogP contribution in [0.1, 0.15) is 169 Å². The largest absolute Gasteiger partial charge is 0.465 e. The molecule has 0 saturated heterocycles. The summed E-state index contributed by atoms with van der Waals surface area (Å²) in [6, 6.07) is 0. The minimum atomic E-state index is -1.31. The van der Waals surface area contributed by atoms with Gasteiger partial charge in [0.05, 0.1) is 43.7 Å². The van der Waals surface area contributed by atoms with Crippen molar-refractivity contribution in [3.63, 3.8) is 0 Å². The van der Waals surface area contributed by atoms with Crippen LogP contribution in [0.2, 0.25) is 0 Å². The van der Waals surface area contributed by atoms with Gasteiger partial charge in [0.15, 0.2) is 0 Å². The molecule has 0 aromatic heterocycles. The van der Waals surface area contributed by atoms with Crippen molar-refractivity contribution in [1.82, 2.24) is 0 Å². The van der Waals surface area contributed by atoms with E-state index in [1.165, 1.54) is 12.8 Å². The summed E-state index contributed by atoms with van der Waals surface area (Å²) in [5, 5.41) is 19.8. The van der Waals surface area contributed by atoms with Gasteiger partial charge in [-0.05, 0) is 51.4 Å². The quantitative estimate of drug-likeness (QED) is 0.0384. The first kappa shape index (κ1) is 46.8. The van der Waals surface area contributed by atoms with Crippen LogP contribution in [0.4, 0.5) is 0 Å². The Hall–Kier alpha value is -2.20. The lowest BCUT2D eigenvalue weighted by molar-refractivity contribution is -0.159. The average molecular weight is 701 g/mol. The molecule has 10 nitrogen and oxygen atoms in total. The van der Waals surface area contributed by atoms with E-state index in [0.717, 1.165) is 89.9 Å². The van der Waals surface area contributed by atoms with Crippen LogP contribution in [-0.2, 0) is 38.1 Å². The number of hydrogen-bond donors (Lipinski definition) is 2. The SMILES string of the molecule is CCCCCCC(CCCC)C(=O)OCCCCC(=O)OCC(CO)(CO)COC(=O)CCCCOC(=O)C(CCCC)CCCCCC. The summed E-state index contributed by atoms with van der Waals surface area (Å²) in [5.41, 5.74) is -1.31. The van der Waals surface area contributed by atoms with Crippen LogP contribution in [-0.4, -0.2) is 73.7 Å². The molecular formula is C39H72O10. The standard InChI is InChI=1S/C39H72O10/c1-5-9-13-15-23-33(21-11-7-3)37(44)46-27-19-17-25-35(42)48-31-39(29-40,30-41)32-49-36(43)26-18-20-28-47-38(45)34(22-12-8-4)24-16-14-10-6-2/h33-34,40-41H,5-32H2,1-4H3. The van der Waals surface area contributed by atoms with Crippen molar-refractivity contribution in [1.29, 1.82) is 0 Å². The van der Waals surface area contributed by atoms with Crippen molar-refractivity contribution < 1.29 is 48.3 Å². The van der Waals surface area contributed by atoms with Crippen LogP contribution in [0.25, 0.3) is 0 Å². The molecule has 0 radical (unpaired) electrons. The van der Waals surface area contributed by atoms with Crippen LogP contribution in [0.5, 0.6) is 0 Å². The Labute approximate surface area is 297 Å². The zero-order valence-electron chi connectivity index (χ0n) is 31.6. The van der Waals surface area contributed by atoms with Crippen LogP contribution < -0.4 is 0 Å². The molecule has 0 aromatic carbocycles. The molecule has 0 rings (SSSR count). The molecule has 10 heteroatoms. The highest BCUT2D eigenvalue weighted by atomic mass is 16.6. The zero-order chi connectivity index (χ0) is 36.6.